The number of amides is 2. The smallest absolute Gasteiger partial charge is 0.241 e. The zero-order chi connectivity index (χ0) is 22.7. The minimum atomic E-state index is -3.81. The van der Waals surface area contributed by atoms with E-state index in [1.54, 1.807) is 42.5 Å². The van der Waals surface area contributed by atoms with Crippen LogP contribution in [0.4, 0.5) is 5.69 Å². The van der Waals surface area contributed by atoms with E-state index in [-0.39, 0.29) is 23.8 Å². The zero-order valence-corrected chi connectivity index (χ0v) is 19.5. The molecular formula is C21H26ClN3O4S2. The highest BCUT2D eigenvalue weighted by molar-refractivity contribution is 7.98. The first-order valence-corrected chi connectivity index (χ1v) is 13.0. The summed E-state index contributed by atoms with van der Waals surface area (Å²) in [4.78, 5) is 24.7. The molecule has 2 aromatic rings. The third kappa shape index (κ3) is 8.90. The average Bonchev–Trinajstić information content (AvgIpc) is 2.76. The molecule has 0 bridgehead atoms. The topological polar surface area (TPSA) is 104 Å². The fourth-order valence-corrected chi connectivity index (χ4v) is 4.52. The highest BCUT2D eigenvalue weighted by Crippen LogP contribution is 2.14. The minimum Gasteiger partial charge on any atom is -0.355 e. The van der Waals surface area contributed by atoms with Crippen molar-refractivity contribution in [3.63, 3.8) is 0 Å². The molecule has 2 aromatic carbocycles. The first kappa shape index (κ1) is 25.2. The van der Waals surface area contributed by atoms with Crippen LogP contribution in [0, 0.1) is 0 Å². The molecule has 0 radical (unpaired) electrons. The van der Waals surface area contributed by atoms with Gasteiger partial charge in [0.05, 0.1) is 4.90 Å². The second-order valence-electron chi connectivity index (χ2n) is 6.72. The van der Waals surface area contributed by atoms with Gasteiger partial charge in [-0.15, -0.1) is 0 Å². The molecule has 10 heteroatoms. The van der Waals surface area contributed by atoms with Crippen LogP contribution < -0.4 is 15.4 Å². The monoisotopic (exact) mass is 483 g/mol. The van der Waals surface area contributed by atoms with Gasteiger partial charge in [0.15, 0.2) is 0 Å². The second kappa shape index (κ2) is 12.7. The first-order valence-electron chi connectivity index (χ1n) is 9.71. The molecule has 0 aliphatic rings. The van der Waals surface area contributed by atoms with Crippen LogP contribution in [0.15, 0.2) is 59.5 Å². The molecule has 0 heterocycles. The fourth-order valence-electron chi connectivity index (χ4n) is 2.67. The molecule has 31 heavy (non-hydrogen) atoms. The SMILES string of the molecule is CSCCC(NS(=O)(=O)c1ccccc1)C(=O)NCCCC(=O)Nc1ccc(Cl)cc1. The lowest BCUT2D eigenvalue weighted by molar-refractivity contribution is -0.123. The lowest BCUT2D eigenvalue weighted by Gasteiger charge is -2.18. The third-order valence-electron chi connectivity index (χ3n) is 4.29. The first-order chi connectivity index (χ1) is 14.8. The number of rotatable bonds is 12. The van der Waals surface area contributed by atoms with Crippen molar-refractivity contribution in [2.75, 3.05) is 23.9 Å². The standard InChI is InChI=1S/C21H26ClN3O4S2/c1-30-15-13-19(25-31(28,29)18-6-3-2-4-7-18)21(27)23-14-5-8-20(26)24-17-11-9-16(22)10-12-17/h2-4,6-7,9-12,19,25H,5,8,13-15H2,1H3,(H,23,27)(H,24,26). The van der Waals surface area contributed by atoms with Crippen molar-refractivity contribution < 1.29 is 18.0 Å². The number of hydrogen-bond acceptors (Lipinski definition) is 5. The van der Waals surface area contributed by atoms with Gasteiger partial charge in [-0.3, -0.25) is 9.59 Å². The third-order valence-corrected chi connectivity index (χ3v) is 6.67. The van der Waals surface area contributed by atoms with Gasteiger partial charge in [-0.25, -0.2) is 8.42 Å². The Morgan fingerprint density at radius 2 is 1.74 bits per heavy atom. The van der Waals surface area contributed by atoms with Gasteiger partial charge in [-0.05, 0) is 61.2 Å². The van der Waals surface area contributed by atoms with E-state index in [2.05, 4.69) is 15.4 Å². The maximum absolute atomic E-state index is 12.6. The van der Waals surface area contributed by atoms with Crippen LogP contribution in [-0.2, 0) is 19.6 Å². The van der Waals surface area contributed by atoms with Crippen molar-refractivity contribution in [2.45, 2.75) is 30.2 Å². The minimum absolute atomic E-state index is 0.107. The van der Waals surface area contributed by atoms with E-state index in [9.17, 15) is 18.0 Å². The number of hydrogen-bond donors (Lipinski definition) is 3. The maximum atomic E-state index is 12.6. The van der Waals surface area contributed by atoms with Crippen molar-refractivity contribution in [1.29, 1.82) is 0 Å². The van der Waals surface area contributed by atoms with Gasteiger partial charge in [0.1, 0.15) is 6.04 Å². The summed E-state index contributed by atoms with van der Waals surface area (Å²) >= 11 is 7.34. The summed E-state index contributed by atoms with van der Waals surface area (Å²) in [5, 5.41) is 6.06. The normalized spacial score (nSPS) is 12.2. The Balaban J connectivity index is 1.83. The number of anilines is 1. The Bertz CT molecular complexity index is 954. The number of halogens is 1. The van der Waals surface area contributed by atoms with Crippen LogP contribution in [0.3, 0.4) is 0 Å². The number of nitrogens with one attached hydrogen (secondary N) is 3. The molecule has 1 atom stereocenters. The van der Waals surface area contributed by atoms with Crippen molar-refractivity contribution in [1.82, 2.24) is 10.0 Å². The van der Waals surface area contributed by atoms with Crippen LogP contribution in [0.25, 0.3) is 0 Å². The van der Waals surface area contributed by atoms with E-state index in [0.717, 1.165) is 0 Å². The molecule has 0 aromatic heterocycles. The quantitative estimate of drug-likeness (QED) is 0.402. The molecule has 2 amide bonds. The average molecular weight is 484 g/mol. The molecule has 168 valence electrons. The summed E-state index contributed by atoms with van der Waals surface area (Å²) in [5.41, 5.74) is 0.644. The Morgan fingerprint density at radius 3 is 2.39 bits per heavy atom. The van der Waals surface area contributed by atoms with Crippen molar-refractivity contribution in [2.24, 2.45) is 0 Å². The number of benzene rings is 2. The van der Waals surface area contributed by atoms with Crippen LogP contribution >= 0.6 is 23.4 Å². The van der Waals surface area contributed by atoms with E-state index in [0.29, 0.717) is 29.3 Å². The number of sulfonamides is 1. The van der Waals surface area contributed by atoms with Gasteiger partial charge in [-0.2, -0.15) is 16.5 Å². The van der Waals surface area contributed by atoms with Crippen LogP contribution in [0.1, 0.15) is 19.3 Å². The van der Waals surface area contributed by atoms with Crippen molar-refractivity contribution in [3.05, 3.63) is 59.6 Å². The summed E-state index contributed by atoms with van der Waals surface area (Å²) in [5.74, 6) is 0.0331. The maximum Gasteiger partial charge on any atom is 0.241 e. The summed E-state index contributed by atoms with van der Waals surface area (Å²) in [6, 6.07) is 13.8. The van der Waals surface area contributed by atoms with Gasteiger partial charge < -0.3 is 10.6 Å². The molecule has 3 N–H and O–H groups in total. The summed E-state index contributed by atoms with van der Waals surface area (Å²) < 4.78 is 27.6. The van der Waals surface area contributed by atoms with Crippen molar-refractivity contribution in [3.8, 4) is 0 Å². The highest BCUT2D eigenvalue weighted by Gasteiger charge is 2.25. The molecule has 2 rings (SSSR count). The molecule has 1 unspecified atom stereocenters. The highest BCUT2D eigenvalue weighted by atomic mass is 35.5. The fraction of sp³-hybridized carbons (Fsp3) is 0.333. The number of carbonyl (C=O) groups is 2. The number of thioether (sulfide) groups is 1. The van der Waals surface area contributed by atoms with E-state index < -0.39 is 22.0 Å². The molecule has 0 saturated heterocycles. The lowest BCUT2D eigenvalue weighted by atomic mass is 10.2. The predicted octanol–water partition coefficient (Wildman–Crippen LogP) is 3.28. The second-order valence-corrected chi connectivity index (χ2v) is 9.85. The zero-order valence-electron chi connectivity index (χ0n) is 17.1. The van der Waals surface area contributed by atoms with Gasteiger partial charge in [0, 0.05) is 23.7 Å². The van der Waals surface area contributed by atoms with Crippen LogP contribution in [0.5, 0.6) is 0 Å². The Labute approximate surface area is 192 Å². The molecule has 0 saturated carbocycles. The molecule has 0 aliphatic carbocycles. The van der Waals surface area contributed by atoms with Gasteiger partial charge >= 0.3 is 0 Å². The Morgan fingerprint density at radius 1 is 1.06 bits per heavy atom. The Hall–Kier alpha value is -2.07. The number of carbonyl (C=O) groups excluding carboxylic acids is 2. The lowest BCUT2D eigenvalue weighted by Crippen LogP contribution is -2.47. The predicted molar refractivity (Wildman–Crippen MR) is 126 cm³/mol. The largest absolute Gasteiger partial charge is 0.355 e. The van der Waals surface area contributed by atoms with Gasteiger partial charge in [-0.1, -0.05) is 29.8 Å². The van der Waals surface area contributed by atoms with Crippen molar-refractivity contribution >= 4 is 50.9 Å². The van der Waals surface area contributed by atoms with E-state index in [4.69, 9.17) is 11.6 Å². The van der Waals surface area contributed by atoms with E-state index >= 15 is 0 Å². The van der Waals surface area contributed by atoms with Crippen LogP contribution in [0.2, 0.25) is 5.02 Å². The van der Waals surface area contributed by atoms with Gasteiger partial charge in [0.25, 0.3) is 0 Å². The molecule has 0 fully saturated rings. The summed E-state index contributed by atoms with van der Waals surface area (Å²) in [6.07, 6.45) is 2.88. The van der Waals surface area contributed by atoms with Crippen LogP contribution in [-0.4, -0.2) is 44.8 Å². The summed E-state index contributed by atoms with van der Waals surface area (Å²) in [6.45, 7) is 0.260. The molecule has 0 spiro atoms. The Kier molecular flexibility index (Phi) is 10.3. The molecule has 0 aliphatic heterocycles. The van der Waals surface area contributed by atoms with Gasteiger partial charge in [0.2, 0.25) is 21.8 Å². The molecule has 7 nitrogen and oxygen atoms in total. The molecular weight excluding hydrogens is 458 g/mol. The van der Waals surface area contributed by atoms with E-state index in [1.165, 1.54) is 23.9 Å². The van der Waals surface area contributed by atoms with E-state index in [1.807, 2.05) is 6.26 Å². The summed E-state index contributed by atoms with van der Waals surface area (Å²) in [7, 11) is -3.81.